The summed E-state index contributed by atoms with van der Waals surface area (Å²) < 4.78 is 10.5. The number of nitrogens with zero attached hydrogens (tertiary/aromatic N) is 2. The molecule has 0 aliphatic carbocycles. The van der Waals surface area contributed by atoms with Gasteiger partial charge in [-0.1, -0.05) is 19.0 Å². The van der Waals surface area contributed by atoms with Crippen LogP contribution in [-0.4, -0.2) is 23.4 Å². The summed E-state index contributed by atoms with van der Waals surface area (Å²) in [4.78, 5) is 4.27. The summed E-state index contributed by atoms with van der Waals surface area (Å²) >= 11 is 0. The highest BCUT2D eigenvalue weighted by atomic mass is 16.5. The van der Waals surface area contributed by atoms with Crippen molar-refractivity contribution in [1.29, 1.82) is 0 Å². The van der Waals surface area contributed by atoms with E-state index < -0.39 is 5.54 Å². The first kappa shape index (κ1) is 13.1. The van der Waals surface area contributed by atoms with Crippen LogP contribution in [0.5, 0.6) is 0 Å². The van der Waals surface area contributed by atoms with E-state index in [0.29, 0.717) is 24.7 Å². The standard InChI is InChI=1S/C11H21N3O2/c1-4-7-15-8-6-9-13-10(14-16-9)11(3,12)5-2/h4-8,12H2,1-3H3. The zero-order chi connectivity index (χ0) is 12.0. The summed E-state index contributed by atoms with van der Waals surface area (Å²) in [6.45, 7) is 7.36. The van der Waals surface area contributed by atoms with E-state index in [9.17, 15) is 0 Å². The second kappa shape index (κ2) is 5.96. The summed E-state index contributed by atoms with van der Waals surface area (Å²) in [5.41, 5.74) is 5.50. The van der Waals surface area contributed by atoms with E-state index in [0.717, 1.165) is 19.4 Å². The maximum absolute atomic E-state index is 6.01. The second-order valence-corrected chi connectivity index (χ2v) is 4.15. The highest BCUT2D eigenvalue weighted by Gasteiger charge is 2.24. The Morgan fingerprint density at radius 1 is 1.38 bits per heavy atom. The molecule has 0 aliphatic heterocycles. The molecule has 1 rings (SSSR count). The van der Waals surface area contributed by atoms with Crippen LogP contribution in [0.25, 0.3) is 0 Å². The molecule has 1 aromatic heterocycles. The van der Waals surface area contributed by atoms with Crippen LogP contribution in [0, 0.1) is 0 Å². The number of aromatic nitrogens is 2. The first-order valence-corrected chi connectivity index (χ1v) is 5.79. The smallest absolute Gasteiger partial charge is 0.229 e. The van der Waals surface area contributed by atoms with Gasteiger partial charge in [0.25, 0.3) is 0 Å². The molecule has 0 spiro atoms. The Morgan fingerprint density at radius 3 is 2.75 bits per heavy atom. The Morgan fingerprint density at radius 2 is 2.12 bits per heavy atom. The highest BCUT2D eigenvalue weighted by Crippen LogP contribution is 2.17. The van der Waals surface area contributed by atoms with Gasteiger partial charge in [0.2, 0.25) is 5.89 Å². The predicted molar refractivity (Wildman–Crippen MR) is 60.9 cm³/mol. The zero-order valence-corrected chi connectivity index (χ0v) is 10.3. The lowest BCUT2D eigenvalue weighted by molar-refractivity contribution is 0.132. The summed E-state index contributed by atoms with van der Waals surface area (Å²) in [7, 11) is 0. The molecule has 5 nitrogen and oxygen atoms in total. The molecule has 16 heavy (non-hydrogen) atoms. The molecule has 0 fully saturated rings. The van der Waals surface area contributed by atoms with Crippen molar-refractivity contribution in [3.05, 3.63) is 11.7 Å². The van der Waals surface area contributed by atoms with Crippen molar-refractivity contribution in [3.8, 4) is 0 Å². The normalized spacial score (nSPS) is 15.0. The number of rotatable bonds is 7. The summed E-state index contributed by atoms with van der Waals surface area (Å²) in [6, 6.07) is 0. The monoisotopic (exact) mass is 227 g/mol. The molecule has 1 unspecified atom stereocenters. The van der Waals surface area contributed by atoms with Gasteiger partial charge in [0.05, 0.1) is 18.6 Å². The van der Waals surface area contributed by atoms with E-state index in [1.54, 1.807) is 0 Å². The first-order chi connectivity index (χ1) is 7.60. The predicted octanol–water partition coefficient (Wildman–Crippen LogP) is 1.62. The minimum absolute atomic E-state index is 0.508. The van der Waals surface area contributed by atoms with Crippen molar-refractivity contribution in [3.63, 3.8) is 0 Å². The maximum atomic E-state index is 6.01. The highest BCUT2D eigenvalue weighted by molar-refractivity contribution is 5.00. The fourth-order valence-corrected chi connectivity index (χ4v) is 1.15. The van der Waals surface area contributed by atoms with Crippen LogP contribution >= 0.6 is 0 Å². The topological polar surface area (TPSA) is 74.2 Å². The molecule has 0 aliphatic rings. The Hall–Kier alpha value is -0.940. The van der Waals surface area contributed by atoms with Gasteiger partial charge in [0.1, 0.15) is 0 Å². The molecule has 0 saturated carbocycles. The number of ether oxygens (including phenoxy) is 1. The lowest BCUT2D eigenvalue weighted by atomic mass is 10.0. The number of hydrogen-bond donors (Lipinski definition) is 1. The van der Waals surface area contributed by atoms with Gasteiger partial charge in [-0.3, -0.25) is 0 Å². The van der Waals surface area contributed by atoms with Gasteiger partial charge in [-0.15, -0.1) is 0 Å². The Kier molecular flexibility index (Phi) is 4.89. The van der Waals surface area contributed by atoms with E-state index in [1.165, 1.54) is 0 Å². The molecule has 1 aromatic rings. The molecule has 5 heteroatoms. The third kappa shape index (κ3) is 3.57. The lowest BCUT2D eigenvalue weighted by Gasteiger charge is -2.16. The van der Waals surface area contributed by atoms with E-state index in [4.69, 9.17) is 15.0 Å². The van der Waals surface area contributed by atoms with E-state index in [2.05, 4.69) is 17.1 Å². The average Bonchev–Trinajstić information content (AvgIpc) is 2.74. The average molecular weight is 227 g/mol. The second-order valence-electron chi connectivity index (χ2n) is 4.15. The Balaban J connectivity index is 2.45. The zero-order valence-electron chi connectivity index (χ0n) is 10.3. The van der Waals surface area contributed by atoms with Crippen molar-refractivity contribution in [1.82, 2.24) is 10.1 Å². The summed E-state index contributed by atoms with van der Waals surface area (Å²) in [6.07, 6.45) is 2.44. The van der Waals surface area contributed by atoms with Crippen molar-refractivity contribution < 1.29 is 9.26 Å². The molecule has 0 bridgehead atoms. The summed E-state index contributed by atoms with van der Waals surface area (Å²) in [5, 5.41) is 3.89. The minimum Gasteiger partial charge on any atom is -0.381 e. The maximum Gasteiger partial charge on any atom is 0.229 e. The molecule has 1 heterocycles. The fourth-order valence-electron chi connectivity index (χ4n) is 1.15. The van der Waals surface area contributed by atoms with Crippen molar-refractivity contribution in [2.24, 2.45) is 5.73 Å². The Labute approximate surface area is 96.4 Å². The van der Waals surface area contributed by atoms with E-state index in [1.807, 2.05) is 13.8 Å². The van der Waals surface area contributed by atoms with Gasteiger partial charge in [-0.25, -0.2) is 0 Å². The van der Waals surface area contributed by atoms with Crippen LogP contribution in [0.1, 0.15) is 45.3 Å². The van der Waals surface area contributed by atoms with Crippen LogP contribution in [0.2, 0.25) is 0 Å². The third-order valence-corrected chi connectivity index (χ3v) is 2.52. The molecule has 0 saturated heterocycles. The van der Waals surface area contributed by atoms with Gasteiger partial charge in [0.15, 0.2) is 5.82 Å². The van der Waals surface area contributed by atoms with Crippen LogP contribution < -0.4 is 5.73 Å². The molecule has 0 amide bonds. The van der Waals surface area contributed by atoms with Crippen LogP contribution in [-0.2, 0) is 16.7 Å². The number of nitrogens with two attached hydrogens (primary N) is 1. The van der Waals surface area contributed by atoms with Crippen LogP contribution in [0.15, 0.2) is 4.52 Å². The van der Waals surface area contributed by atoms with Crippen molar-refractivity contribution >= 4 is 0 Å². The molecular weight excluding hydrogens is 206 g/mol. The van der Waals surface area contributed by atoms with Gasteiger partial charge in [0, 0.05) is 6.61 Å². The first-order valence-electron chi connectivity index (χ1n) is 5.79. The van der Waals surface area contributed by atoms with Crippen LogP contribution in [0.3, 0.4) is 0 Å². The summed E-state index contributed by atoms with van der Waals surface area (Å²) in [5.74, 6) is 1.16. The molecule has 2 N–H and O–H groups in total. The van der Waals surface area contributed by atoms with Crippen molar-refractivity contribution in [2.75, 3.05) is 13.2 Å². The molecule has 0 aromatic carbocycles. The van der Waals surface area contributed by atoms with Gasteiger partial charge >= 0.3 is 0 Å². The molecule has 1 atom stereocenters. The lowest BCUT2D eigenvalue weighted by Crippen LogP contribution is -2.33. The van der Waals surface area contributed by atoms with E-state index in [-0.39, 0.29) is 0 Å². The number of hydrogen-bond acceptors (Lipinski definition) is 5. The molecule has 92 valence electrons. The van der Waals surface area contributed by atoms with Crippen molar-refractivity contribution in [2.45, 2.75) is 45.6 Å². The molecular formula is C11H21N3O2. The molecule has 0 radical (unpaired) electrons. The third-order valence-electron chi connectivity index (χ3n) is 2.52. The van der Waals surface area contributed by atoms with Crippen LogP contribution in [0.4, 0.5) is 0 Å². The van der Waals surface area contributed by atoms with Gasteiger partial charge in [-0.2, -0.15) is 4.98 Å². The van der Waals surface area contributed by atoms with E-state index >= 15 is 0 Å². The Bertz CT molecular complexity index is 310. The SMILES string of the molecule is CCCOCCc1nc(C(C)(N)CC)no1. The quantitative estimate of drug-likeness (QED) is 0.716. The van der Waals surface area contributed by atoms with Gasteiger partial charge < -0.3 is 15.0 Å². The largest absolute Gasteiger partial charge is 0.381 e. The fraction of sp³-hybridized carbons (Fsp3) is 0.818. The minimum atomic E-state index is -0.508. The van der Waals surface area contributed by atoms with Gasteiger partial charge in [-0.05, 0) is 19.8 Å².